The number of hydrogen-bond acceptors (Lipinski definition) is 3. The molecule has 4 rings (SSSR count). The van der Waals surface area contributed by atoms with Gasteiger partial charge < -0.3 is 5.32 Å². The molecule has 1 heterocycles. The third-order valence-corrected chi connectivity index (χ3v) is 4.47. The number of non-ortho nitro benzene ring substituents is 1. The smallest absolute Gasteiger partial charge is 0.269 e. The first kappa shape index (κ1) is 14.4. The summed E-state index contributed by atoms with van der Waals surface area (Å²) in [5.74, 6) is -0.256. The summed E-state index contributed by atoms with van der Waals surface area (Å²) in [5.41, 5.74) is 2.63. The van der Waals surface area contributed by atoms with Gasteiger partial charge in [-0.3, -0.25) is 14.9 Å². The van der Waals surface area contributed by atoms with E-state index in [0.29, 0.717) is 0 Å². The fourth-order valence-corrected chi connectivity index (χ4v) is 3.36. The lowest BCUT2D eigenvalue weighted by Crippen LogP contribution is -2.23. The van der Waals surface area contributed by atoms with Crippen LogP contribution in [-0.2, 0) is 4.79 Å². The van der Waals surface area contributed by atoms with Gasteiger partial charge in [0.05, 0.1) is 10.6 Å². The zero-order valence-electron chi connectivity index (χ0n) is 12.7. The van der Waals surface area contributed by atoms with Crippen LogP contribution in [0.5, 0.6) is 0 Å². The summed E-state index contributed by atoms with van der Waals surface area (Å²) in [6.45, 7) is 0. The summed E-state index contributed by atoms with van der Waals surface area (Å²) in [4.78, 5) is 22.9. The highest BCUT2D eigenvalue weighted by molar-refractivity contribution is 6.06. The lowest BCUT2D eigenvalue weighted by Gasteiger charge is -2.27. The average molecular weight is 318 g/mol. The van der Waals surface area contributed by atoms with Crippen LogP contribution in [0.2, 0.25) is 0 Å². The van der Waals surface area contributed by atoms with Crippen LogP contribution >= 0.6 is 0 Å². The van der Waals surface area contributed by atoms with Crippen molar-refractivity contribution in [3.05, 3.63) is 81.9 Å². The van der Waals surface area contributed by atoms with Crippen molar-refractivity contribution in [2.45, 2.75) is 12.3 Å². The molecule has 118 valence electrons. The van der Waals surface area contributed by atoms with Crippen LogP contribution in [0.1, 0.15) is 23.5 Å². The van der Waals surface area contributed by atoms with Gasteiger partial charge in [0.1, 0.15) is 0 Å². The molecule has 3 aromatic rings. The number of carbonyl (C=O) groups excluding carboxylic acids is 1. The maximum atomic E-state index is 12.2. The van der Waals surface area contributed by atoms with Crippen molar-refractivity contribution in [1.29, 1.82) is 0 Å². The molecule has 1 N–H and O–H groups in total. The number of nitrogens with zero attached hydrogens (tertiary/aromatic N) is 1. The van der Waals surface area contributed by atoms with Crippen molar-refractivity contribution in [2.75, 3.05) is 5.32 Å². The molecule has 0 saturated carbocycles. The van der Waals surface area contributed by atoms with Gasteiger partial charge in [0, 0.05) is 29.9 Å². The Morgan fingerprint density at radius 2 is 1.88 bits per heavy atom. The number of nitro benzene ring substituents is 1. The van der Waals surface area contributed by atoms with E-state index in [9.17, 15) is 14.9 Å². The van der Waals surface area contributed by atoms with Crippen LogP contribution in [0.25, 0.3) is 10.8 Å². The number of nitro groups is 1. The van der Waals surface area contributed by atoms with E-state index in [4.69, 9.17) is 0 Å². The van der Waals surface area contributed by atoms with Crippen molar-refractivity contribution in [1.82, 2.24) is 0 Å². The van der Waals surface area contributed by atoms with Gasteiger partial charge in [-0.25, -0.2) is 0 Å². The summed E-state index contributed by atoms with van der Waals surface area (Å²) in [6, 6.07) is 18.4. The number of rotatable bonds is 2. The number of fused-ring (bicyclic) bond motifs is 3. The van der Waals surface area contributed by atoms with Gasteiger partial charge in [-0.1, -0.05) is 48.5 Å². The largest absolute Gasteiger partial charge is 0.325 e. The number of nitrogens with one attached hydrogen (secondary N) is 1. The van der Waals surface area contributed by atoms with E-state index in [2.05, 4.69) is 5.32 Å². The first-order valence-electron chi connectivity index (χ1n) is 7.69. The van der Waals surface area contributed by atoms with Crippen LogP contribution in [0.3, 0.4) is 0 Å². The Morgan fingerprint density at radius 3 is 2.71 bits per heavy atom. The third-order valence-electron chi connectivity index (χ3n) is 4.47. The molecule has 0 fully saturated rings. The molecule has 0 aliphatic carbocycles. The Hall–Kier alpha value is -3.21. The summed E-state index contributed by atoms with van der Waals surface area (Å²) < 4.78 is 0. The number of hydrogen-bond donors (Lipinski definition) is 1. The first-order chi connectivity index (χ1) is 11.6. The molecule has 0 unspecified atom stereocenters. The van der Waals surface area contributed by atoms with Gasteiger partial charge in [-0.2, -0.15) is 0 Å². The Morgan fingerprint density at radius 1 is 1.04 bits per heavy atom. The van der Waals surface area contributed by atoms with Crippen molar-refractivity contribution in [3.8, 4) is 0 Å². The normalized spacial score (nSPS) is 16.5. The molecular formula is C19H14N2O3. The second-order valence-electron chi connectivity index (χ2n) is 5.91. The predicted octanol–water partition coefficient (Wildman–Crippen LogP) is 4.22. The topological polar surface area (TPSA) is 72.2 Å². The molecule has 5 heteroatoms. The van der Waals surface area contributed by atoms with Gasteiger partial charge >= 0.3 is 0 Å². The Kier molecular flexibility index (Phi) is 3.27. The molecule has 1 aliphatic rings. The van der Waals surface area contributed by atoms with Crippen molar-refractivity contribution in [3.63, 3.8) is 0 Å². The fourth-order valence-electron chi connectivity index (χ4n) is 3.36. The molecule has 1 atom stereocenters. The minimum absolute atomic E-state index is 0.0424. The Labute approximate surface area is 138 Å². The van der Waals surface area contributed by atoms with E-state index in [0.717, 1.165) is 27.6 Å². The lowest BCUT2D eigenvalue weighted by molar-refractivity contribution is -0.384. The second kappa shape index (κ2) is 5.45. The monoisotopic (exact) mass is 318 g/mol. The molecule has 0 radical (unpaired) electrons. The van der Waals surface area contributed by atoms with E-state index in [1.54, 1.807) is 12.1 Å². The van der Waals surface area contributed by atoms with Crippen molar-refractivity contribution < 1.29 is 9.72 Å². The second-order valence-corrected chi connectivity index (χ2v) is 5.91. The van der Waals surface area contributed by atoms with Crippen molar-refractivity contribution >= 4 is 28.1 Å². The van der Waals surface area contributed by atoms with Gasteiger partial charge in [-0.05, 0) is 16.5 Å². The molecule has 0 spiro atoms. The maximum absolute atomic E-state index is 12.2. The first-order valence-corrected chi connectivity index (χ1v) is 7.69. The highest BCUT2D eigenvalue weighted by Crippen LogP contribution is 2.41. The highest BCUT2D eigenvalue weighted by Gasteiger charge is 2.28. The minimum atomic E-state index is -0.409. The predicted molar refractivity (Wildman–Crippen MR) is 92.1 cm³/mol. The molecular weight excluding hydrogens is 304 g/mol. The Bertz CT molecular complexity index is 981. The number of amides is 1. The van der Waals surface area contributed by atoms with E-state index < -0.39 is 4.92 Å². The standard InChI is InChI=1S/C19H14N2O3/c22-18-11-17(13-5-3-6-14(10-13)21(23)24)16-9-8-12-4-1-2-7-15(12)19(16)20-18/h1-10,17H,11H2,(H,20,22)/t17-/m0/s1. The van der Waals surface area contributed by atoms with Crippen LogP contribution in [0, 0.1) is 10.1 Å². The maximum Gasteiger partial charge on any atom is 0.269 e. The van der Waals surface area contributed by atoms with Gasteiger partial charge in [0.25, 0.3) is 5.69 Å². The van der Waals surface area contributed by atoms with Gasteiger partial charge in [-0.15, -0.1) is 0 Å². The minimum Gasteiger partial charge on any atom is -0.325 e. The number of carbonyl (C=O) groups is 1. The quantitative estimate of drug-likeness (QED) is 0.568. The van der Waals surface area contributed by atoms with E-state index in [1.165, 1.54) is 6.07 Å². The lowest BCUT2D eigenvalue weighted by atomic mass is 9.83. The summed E-state index contributed by atoms with van der Waals surface area (Å²) in [6.07, 6.45) is 0.284. The van der Waals surface area contributed by atoms with E-state index in [-0.39, 0.29) is 23.9 Å². The molecule has 0 aromatic heterocycles. The Balaban J connectivity index is 1.90. The average Bonchev–Trinajstić information content (AvgIpc) is 2.61. The molecule has 3 aromatic carbocycles. The summed E-state index contributed by atoms with van der Waals surface area (Å²) in [7, 11) is 0. The van der Waals surface area contributed by atoms with Crippen molar-refractivity contribution in [2.24, 2.45) is 0 Å². The molecule has 1 aliphatic heterocycles. The number of benzene rings is 3. The van der Waals surface area contributed by atoms with Crippen LogP contribution in [0.4, 0.5) is 11.4 Å². The van der Waals surface area contributed by atoms with Gasteiger partial charge in [0.2, 0.25) is 5.91 Å². The third kappa shape index (κ3) is 2.31. The van der Waals surface area contributed by atoms with Crippen LogP contribution in [0.15, 0.2) is 60.7 Å². The number of anilines is 1. The summed E-state index contributed by atoms with van der Waals surface area (Å²) in [5, 5.41) is 16.1. The van der Waals surface area contributed by atoms with Crippen LogP contribution < -0.4 is 5.32 Å². The summed E-state index contributed by atoms with van der Waals surface area (Å²) >= 11 is 0. The molecule has 0 bridgehead atoms. The zero-order valence-corrected chi connectivity index (χ0v) is 12.7. The van der Waals surface area contributed by atoms with Crippen LogP contribution in [-0.4, -0.2) is 10.8 Å². The zero-order chi connectivity index (χ0) is 16.7. The molecule has 1 amide bonds. The highest BCUT2D eigenvalue weighted by atomic mass is 16.6. The molecule has 24 heavy (non-hydrogen) atoms. The SMILES string of the molecule is O=C1C[C@@H](c2cccc([N+](=O)[O-])c2)c2ccc3ccccc3c2N1. The fraction of sp³-hybridized carbons (Fsp3) is 0.105. The molecule has 5 nitrogen and oxygen atoms in total. The van der Waals surface area contributed by atoms with Gasteiger partial charge in [0.15, 0.2) is 0 Å². The van der Waals surface area contributed by atoms with E-state index >= 15 is 0 Å². The molecule has 0 saturated heterocycles. The van der Waals surface area contributed by atoms with E-state index in [1.807, 2.05) is 42.5 Å².